The van der Waals surface area contributed by atoms with Gasteiger partial charge in [-0.05, 0) is 86.4 Å². The highest BCUT2D eigenvalue weighted by atomic mass is 16.5. The highest BCUT2D eigenvalue weighted by Gasteiger charge is 2.63. The summed E-state index contributed by atoms with van der Waals surface area (Å²) in [4.78, 5) is 22.2. The monoisotopic (exact) mass is 461 g/mol. The zero-order valence-corrected chi connectivity index (χ0v) is 20.1. The summed E-state index contributed by atoms with van der Waals surface area (Å²) >= 11 is 0. The number of aliphatic hydroxyl groups is 1. The molecule has 0 radical (unpaired) electrons. The first-order chi connectivity index (χ1) is 16.5. The normalized spacial score (nSPS) is 30.8. The second-order valence-corrected chi connectivity index (χ2v) is 10.8. The molecule has 6 rings (SSSR count). The molecule has 0 spiro atoms. The number of hydrogen-bond donors (Lipinski definition) is 1. The molecule has 2 saturated heterocycles. The Hall–Kier alpha value is -2.44. The zero-order valence-electron chi connectivity index (χ0n) is 20.1. The van der Waals surface area contributed by atoms with E-state index >= 15 is 0 Å². The van der Waals surface area contributed by atoms with Gasteiger partial charge in [-0.3, -0.25) is 14.7 Å². The summed E-state index contributed by atoms with van der Waals surface area (Å²) < 4.78 is 5.60. The summed E-state index contributed by atoms with van der Waals surface area (Å²) in [5.41, 5.74) is 2.19. The fraction of sp³-hybridized carbons (Fsp3) is 0.571. The predicted octanol–water partition coefficient (Wildman–Crippen LogP) is 2.96. The maximum Gasteiger partial charge on any atom is 0.228 e. The molecule has 3 fully saturated rings. The fourth-order valence-corrected chi connectivity index (χ4v) is 7.00. The summed E-state index contributed by atoms with van der Waals surface area (Å²) in [6.45, 7) is 3.37. The summed E-state index contributed by atoms with van der Waals surface area (Å²) in [5.74, 6) is 1.74. The van der Waals surface area contributed by atoms with Crippen molar-refractivity contribution in [3.05, 3.63) is 59.4 Å². The van der Waals surface area contributed by atoms with E-state index in [4.69, 9.17) is 4.74 Å². The van der Waals surface area contributed by atoms with Gasteiger partial charge in [-0.1, -0.05) is 12.1 Å². The minimum Gasteiger partial charge on any atom is -0.497 e. The van der Waals surface area contributed by atoms with Crippen molar-refractivity contribution in [3.8, 4) is 5.75 Å². The van der Waals surface area contributed by atoms with E-state index in [0.717, 1.165) is 49.7 Å². The number of amides is 1. The molecule has 3 heterocycles. The number of hydrogen-bond acceptors (Lipinski definition) is 5. The molecule has 180 valence electrons. The van der Waals surface area contributed by atoms with Crippen LogP contribution < -0.4 is 4.74 Å². The van der Waals surface area contributed by atoms with Crippen LogP contribution in [0.4, 0.5) is 0 Å². The largest absolute Gasteiger partial charge is 0.497 e. The molecule has 6 heteroatoms. The average molecular weight is 462 g/mol. The molecule has 1 aromatic heterocycles. The van der Waals surface area contributed by atoms with Crippen LogP contribution in [0.15, 0.2) is 42.6 Å². The van der Waals surface area contributed by atoms with Gasteiger partial charge < -0.3 is 14.7 Å². The Labute approximate surface area is 201 Å². The van der Waals surface area contributed by atoms with Crippen molar-refractivity contribution in [2.45, 2.75) is 62.0 Å². The van der Waals surface area contributed by atoms with E-state index in [1.165, 1.54) is 24.0 Å². The van der Waals surface area contributed by atoms with Gasteiger partial charge in [-0.15, -0.1) is 0 Å². The molecular formula is C28H35N3O3. The third kappa shape index (κ3) is 3.54. The number of nitrogens with zero attached hydrogens (tertiary/aromatic N) is 3. The number of rotatable bonds is 5. The molecule has 2 aromatic rings. The first-order valence-electron chi connectivity index (χ1n) is 12.8. The number of carbonyl (C=O) groups is 1. The van der Waals surface area contributed by atoms with Crippen LogP contribution in [0.1, 0.15) is 48.9 Å². The van der Waals surface area contributed by atoms with Crippen LogP contribution >= 0.6 is 0 Å². The molecule has 4 aliphatic rings. The van der Waals surface area contributed by atoms with Gasteiger partial charge in [0, 0.05) is 43.0 Å². The third-order valence-corrected chi connectivity index (χ3v) is 9.06. The number of likely N-dealkylation sites (tertiary alicyclic amines) is 2. The molecule has 6 nitrogen and oxygen atoms in total. The Balaban J connectivity index is 1.35. The number of methoxy groups -OCH3 is 1. The fourth-order valence-electron chi connectivity index (χ4n) is 7.00. The number of piperidine rings is 1. The first kappa shape index (κ1) is 22.1. The molecule has 1 aromatic carbocycles. The molecule has 1 amide bonds. The summed E-state index contributed by atoms with van der Waals surface area (Å²) in [6, 6.07) is 12.2. The maximum absolute atomic E-state index is 13.3. The topological polar surface area (TPSA) is 65.9 Å². The van der Waals surface area contributed by atoms with Crippen LogP contribution in [0.2, 0.25) is 0 Å². The highest BCUT2D eigenvalue weighted by molar-refractivity contribution is 5.78. The van der Waals surface area contributed by atoms with Crippen molar-refractivity contribution >= 4 is 5.91 Å². The first-order valence-corrected chi connectivity index (χ1v) is 12.8. The molecule has 2 aliphatic carbocycles. The van der Waals surface area contributed by atoms with Crippen molar-refractivity contribution in [2.24, 2.45) is 5.92 Å². The number of ether oxygens (including phenoxy) is 1. The third-order valence-electron chi connectivity index (χ3n) is 9.06. The molecular weight excluding hydrogens is 426 g/mol. The molecule has 2 aliphatic heterocycles. The maximum atomic E-state index is 13.3. The van der Waals surface area contributed by atoms with Gasteiger partial charge in [-0.25, -0.2) is 0 Å². The molecule has 1 N–H and O–H groups in total. The lowest BCUT2D eigenvalue weighted by Crippen LogP contribution is -2.71. The van der Waals surface area contributed by atoms with Crippen molar-refractivity contribution in [3.63, 3.8) is 0 Å². The smallest absolute Gasteiger partial charge is 0.228 e. The number of pyridine rings is 1. The number of carbonyl (C=O) groups excluding carboxylic acids is 1. The zero-order chi connectivity index (χ0) is 23.3. The lowest BCUT2D eigenvalue weighted by Gasteiger charge is -2.61. The summed E-state index contributed by atoms with van der Waals surface area (Å²) in [7, 11) is 1.71. The Bertz CT molecular complexity index is 1070. The lowest BCUT2D eigenvalue weighted by atomic mass is 9.52. The van der Waals surface area contributed by atoms with Gasteiger partial charge in [0.05, 0.1) is 19.1 Å². The Morgan fingerprint density at radius 3 is 2.74 bits per heavy atom. The molecule has 3 unspecified atom stereocenters. The van der Waals surface area contributed by atoms with Crippen molar-refractivity contribution in [2.75, 3.05) is 33.3 Å². The Morgan fingerprint density at radius 1 is 1.15 bits per heavy atom. The standard InChI is InChI=1S/C28H35N3O3/c1-34-23-8-7-21-16-25-28(33)11-15-30(26(32)17-22-4-2-3-12-29-22)13-9-27(28,24(21)18-23)10-14-31(25)19-20-5-6-20/h2-4,7-8,12,18,20,25,33H,5-6,9-11,13-17,19H2,1H3. The van der Waals surface area contributed by atoms with E-state index in [0.29, 0.717) is 25.9 Å². The molecule has 2 bridgehead atoms. The van der Waals surface area contributed by atoms with E-state index in [2.05, 4.69) is 28.1 Å². The quantitative estimate of drug-likeness (QED) is 0.742. The number of benzene rings is 1. The van der Waals surface area contributed by atoms with Crippen molar-refractivity contribution in [1.82, 2.24) is 14.8 Å². The van der Waals surface area contributed by atoms with Crippen LogP contribution in [0.3, 0.4) is 0 Å². The second-order valence-electron chi connectivity index (χ2n) is 10.8. The Morgan fingerprint density at radius 2 is 1.97 bits per heavy atom. The van der Waals surface area contributed by atoms with Gasteiger partial charge in [-0.2, -0.15) is 0 Å². The van der Waals surface area contributed by atoms with Gasteiger partial charge >= 0.3 is 0 Å². The molecule has 3 atom stereocenters. The second kappa shape index (κ2) is 8.35. The van der Waals surface area contributed by atoms with E-state index in [1.807, 2.05) is 23.1 Å². The lowest BCUT2D eigenvalue weighted by molar-refractivity contribution is -0.149. The highest BCUT2D eigenvalue weighted by Crippen LogP contribution is 2.56. The van der Waals surface area contributed by atoms with E-state index in [-0.39, 0.29) is 17.4 Å². The number of aromatic nitrogens is 1. The Kier molecular flexibility index (Phi) is 5.41. The molecule has 1 saturated carbocycles. The minimum absolute atomic E-state index is 0.104. The van der Waals surface area contributed by atoms with Gasteiger partial charge in [0.25, 0.3) is 0 Å². The predicted molar refractivity (Wildman–Crippen MR) is 130 cm³/mol. The van der Waals surface area contributed by atoms with Gasteiger partial charge in [0.2, 0.25) is 5.91 Å². The van der Waals surface area contributed by atoms with Crippen LogP contribution in [-0.4, -0.2) is 70.7 Å². The summed E-state index contributed by atoms with van der Waals surface area (Å²) in [6.07, 6.45) is 7.88. The van der Waals surface area contributed by atoms with Crippen molar-refractivity contribution in [1.29, 1.82) is 0 Å². The van der Waals surface area contributed by atoms with Crippen LogP contribution in [0.25, 0.3) is 0 Å². The van der Waals surface area contributed by atoms with E-state index in [9.17, 15) is 9.90 Å². The number of fused-ring (bicyclic) bond motifs is 1. The van der Waals surface area contributed by atoms with Crippen LogP contribution in [-0.2, 0) is 23.1 Å². The SMILES string of the molecule is COc1ccc2c(c1)C13CCN(C(=O)Cc4ccccn4)CCC1(O)C(C2)N(CC1CC1)CC3. The molecule has 34 heavy (non-hydrogen) atoms. The summed E-state index contributed by atoms with van der Waals surface area (Å²) in [5, 5.41) is 12.6. The van der Waals surface area contributed by atoms with Crippen molar-refractivity contribution < 1.29 is 14.6 Å². The average Bonchev–Trinajstić information content (AvgIpc) is 3.68. The van der Waals surface area contributed by atoms with Crippen LogP contribution in [0, 0.1) is 5.92 Å². The van der Waals surface area contributed by atoms with E-state index < -0.39 is 5.60 Å². The minimum atomic E-state index is -0.848. The van der Waals surface area contributed by atoms with Gasteiger partial charge in [0.15, 0.2) is 0 Å². The van der Waals surface area contributed by atoms with E-state index in [1.54, 1.807) is 13.3 Å². The van der Waals surface area contributed by atoms with Gasteiger partial charge in [0.1, 0.15) is 5.75 Å². The van der Waals surface area contributed by atoms with Crippen LogP contribution in [0.5, 0.6) is 5.75 Å².